The highest BCUT2D eigenvalue weighted by Crippen LogP contribution is 2.18. The van der Waals surface area contributed by atoms with Gasteiger partial charge in [-0.1, -0.05) is 42.5 Å². The van der Waals surface area contributed by atoms with E-state index in [0.717, 1.165) is 5.56 Å². The number of nitrogens with one attached hydrogen (secondary N) is 2. The van der Waals surface area contributed by atoms with E-state index in [2.05, 4.69) is 10.6 Å². The zero-order valence-corrected chi connectivity index (χ0v) is 16.7. The Bertz CT molecular complexity index is 1040. The Labute approximate surface area is 174 Å². The molecule has 2 aromatic carbocycles. The van der Waals surface area contributed by atoms with Crippen molar-refractivity contribution in [2.24, 2.45) is 0 Å². The first-order valence-corrected chi connectivity index (χ1v) is 9.41. The van der Waals surface area contributed by atoms with Gasteiger partial charge in [0.05, 0.1) is 23.6 Å². The SMILES string of the molecule is Cc1occc1C(=O)OCC(=O)Nc1ccccc1C(=O)NC(C)c1ccccc1. The molecule has 30 heavy (non-hydrogen) atoms. The van der Waals surface area contributed by atoms with Crippen LogP contribution in [0.2, 0.25) is 0 Å². The average molecular weight is 406 g/mol. The molecule has 1 unspecified atom stereocenters. The molecule has 0 fully saturated rings. The molecule has 2 N–H and O–H groups in total. The van der Waals surface area contributed by atoms with E-state index in [0.29, 0.717) is 17.0 Å². The van der Waals surface area contributed by atoms with Crippen molar-refractivity contribution in [3.05, 3.63) is 89.4 Å². The molecule has 7 nitrogen and oxygen atoms in total. The Morgan fingerprint density at radius 2 is 1.67 bits per heavy atom. The molecule has 0 aliphatic heterocycles. The van der Waals surface area contributed by atoms with Crippen LogP contribution in [0.15, 0.2) is 71.3 Å². The lowest BCUT2D eigenvalue weighted by atomic mass is 10.1. The highest BCUT2D eigenvalue weighted by atomic mass is 16.5. The number of rotatable bonds is 7. The van der Waals surface area contributed by atoms with Crippen molar-refractivity contribution in [3.8, 4) is 0 Å². The van der Waals surface area contributed by atoms with Crippen molar-refractivity contribution in [1.82, 2.24) is 5.32 Å². The molecule has 3 rings (SSSR count). The number of hydrogen-bond acceptors (Lipinski definition) is 5. The normalized spacial score (nSPS) is 11.4. The van der Waals surface area contributed by atoms with Gasteiger partial charge in [0.15, 0.2) is 6.61 Å². The molecule has 0 aliphatic rings. The summed E-state index contributed by atoms with van der Waals surface area (Å²) in [5, 5.41) is 5.53. The van der Waals surface area contributed by atoms with Gasteiger partial charge in [0, 0.05) is 0 Å². The maximum Gasteiger partial charge on any atom is 0.342 e. The van der Waals surface area contributed by atoms with Crippen molar-refractivity contribution >= 4 is 23.5 Å². The van der Waals surface area contributed by atoms with E-state index in [-0.39, 0.29) is 17.5 Å². The molecule has 1 aromatic heterocycles. The van der Waals surface area contributed by atoms with Crippen LogP contribution in [0.25, 0.3) is 0 Å². The molecule has 1 atom stereocenters. The number of benzene rings is 2. The molecular formula is C23H22N2O5. The smallest absolute Gasteiger partial charge is 0.342 e. The molecule has 3 aromatic rings. The highest BCUT2D eigenvalue weighted by Gasteiger charge is 2.18. The zero-order valence-electron chi connectivity index (χ0n) is 16.7. The van der Waals surface area contributed by atoms with E-state index in [1.165, 1.54) is 12.3 Å². The van der Waals surface area contributed by atoms with Crippen LogP contribution in [0.4, 0.5) is 5.69 Å². The van der Waals surface area contributed by atoms with Crippen molar-refractivity contribution in [1.29, 1.82) is 0 Å². The van der Waals surface area contributed by atoms with E-state index in [1.54, 1.807) is 31.2 Å². The molecule has 7 heteroatoms. The molecule has 0 saturated carbocycles. The van der Waals surface area contributed by atoms with Crippen molar-refractivity contribution in [2.45, 2.75) is 19.9 Å². The van der Waals surface area contributed by atoms with E-state index >= 15 is 0 Å². The van der Waals surface area contributed by atoms with Crippen LogP contribution in [-0.2, 0) is 9.53 Å². The molecule has 0 bridgehead atoms. The molecule has 1 heterocycles. The van der Waals surface area contributed by atoms with Crippen molar-refractivity contribution in [2.75, 3.05) is 11.9 Å². The number of aryl methyl sites for hydroxylation is 1. The lowest BCUT2D eigenvalue weighted by molar-refractivity contribution is -0.119. The summed E-state index contributed by atoms with van der Waals surface area (Å²) in [5.41, 5.74) is 1.87. The number of ether oxygens (including phenoxy) is 1. The van der Waals surface area contributed by atoms with Crippen LogP contribution in [0.5, 0.6) is 0 Å². The van der Waals surface area contributed by atoms with Gasteiger partial charge in [-0.15, -0.1) is 0 Å². The van der Waals surface area contributed by atoms with Gasteiger partial charge in [0.1, 0.15) is 11.3 Å². The van der Waals surface area contributed by atoms with Crippen LogP contribution in [-0.4, -0.2) is 24.4 Å². The first-order chi connectivity index (χ1) is 14.5. The highest BCUT2D eigenvalue weighted by molar-refractivity contribution is 6.04. The molecular weight excluding hydrogens is 384 g/mol. The van der Waals surface area contributed by atoms with Gasteiger partial charge in [0.25, 0.3) is 11.8 Å². The molecule has 0 aliphatic carbocycles. The number of carbonyl (C=O) groups is 3. The number of carbonyl (C=O) groups excluding carboxylic acids is 3. The number of furan rings is 1. The molecule has 0 radical (unpaired) electrons. The lowest BCUT2D eigenvalue weighted by Gasteiger charge is -2.16. The number of esters is 1. The van der Waals surface area contributed by atoms with Gasteiger partial charge in [0.2, 0.25) is 0 Å². The Balaban J connectivity index is 1.61. The summed E-state index contributed by atoms with van der Waals surface area (Å²) >= 11 is 0. The second-order valence-corrected chi connectivity index (χ2v) is 6.67. The standard InChI is InChI=1S/C23H22N2O5/c1-15(17-8-4-3-5-9-17)24-22(27)19-10-6-7-11-20(19)25-21(26)14-30-23(28)18-12-13-29-16(18)2/h3-13,15H,14H2,1-2H3,(H,24,27)(H,25,26). The third-order valence-corrected chi connectivity index (χ3v) is 4.51. The fourth-order valence-corrected chi connectivity index (χ4v) is 2.88. The second-order valence-electron chi connectivity index (χ2n) is 6.67. The Hall–Kier alpha value is -3.87. The van der Waals surface area contributed by atoms with E-state index < -0.39 is 18.5 Å². The van der Waals surface area contributed by atoms with Gasteiger partial charge in [-0.2, -0.15) is 0 Å². The fraction of sp³-hybridized carbons (Fsp3) is 0.174. The van der Waals surface area contributed by atoms with Crippen LogP contribution in [0.3, 0.4) is 0 Å². The van der Waals surface area contributed by atoms with E-state index in [9.17, 15) is 14.4 Å². The summed E-state index contributed by atoms with van der Waals surface area (Å²) in [5.74, 6) is -1.12. The Morgan fingerprint density at radius 1 is 0.967 bits per heavy atom. The van der Waals surface area contributed by atoms with Gasteiger partial charge in [-0.05, 0) is 37.6 Å². The maximum atomic E-state index is 12.7. The predicted octanol–water partition coefficient (Wildman–Crippen LogP) is 3.87. The second kappa shape index (κ2) is 9.56. The minimum Gasteiger partial charge on any atom is -0.469 e. The van der Waals surface area contributed by atoms with Crippen molar-refractivity contribution in [3.63, 3.8) is 0 Å². The first kappa shape index (κ1) is 20.9. The topological polar surface area (TPSA) is 97.6 Å². The van der Waals surface area contributed by atoms with Crippen LogP contribution < -0.4 is 10.6 Å². The first-order valence-electron chi connectivity index (χ1n) is 9.41. The fourth-order valence-electron chi connectivity index (χ4n) is 2.88. The van der Waals surface area contributed by atoms with Crippen LogP contribution in [0, 0.1) is 6.92 Å². The molecule has 2 amide bonds. The van der Waals surface area contributed by atoms with Crippen molar-refractivity contribution < 1.29 is 23.5 Å². The zero-order chi connectivity index (χ0) is 21.5. The molecule has 154 valence electrons. The summed E-state index contributed by atoms with van der Waals surface area (Å²) in [6.45, 7) is 3.02. The van der Waals surface area contributed by atoms with Crippen LogP contribution >= 0.6 is 0 Å². The summed E-state index contributed by atoms with van der Waals surface area (Å²) < 4.78 is 10.1. The number of para-hydroxylation sites is 1. The summed E-state index contributed by atoms with van der Waals surface area (Å²) in [4.78, 5) is 37.0. The summed E-state index contributed by atoms with van der Waals surface area (Å²) in [6, 6.07) is 17.5. The quantitative estimate of drug-likeness (QED) is 0.581. The average Bonchev–Trinajstić information content (AvgIpc) is 3.19. The molecule has 0 saturated heterocycles. The monoisotopic (exact) mass is 406 g/mol. The Morgan fingerprint density at radius 3 is 2.37 bits per heavy atom. The predicted molar refractivity (Wildman–Crippen MR) is 111 cm³/mol. The minimum absolute atomic E-state index is 0.207. The maximum absolute atomic E-state index is 12.7. The minimum atomic E-state index is -0.654. The molecule has 0 spiro atoms. The van der Waals surface area contributed by atoms with Gasteiger partial charge in [-0.3, -0.25) is 9.59 Å². The van der Waals surface area contributed by atoms with E-state index in [4.69, 9.17) is 9.15 Å². The lowest BCUT2D eigenvalue weighted by Crippen LogP contribution is -2.28. The summed E-state index contributed by atoms with van der Waals surface area (Å²) in [7, 11) is 0. The van der Waals surface area contributed by atoms with Gasteiger partial charge in [-0.25, -0.2) is 4.79 Å². The number of hydrogen-bond donors (Lipinski definition) is 2. The van der Waals surface area contributed by atoms with Gasteiger partial charge < -0.3 is 19.8 Å². The van der Waals surface area contributed by atoms with E-state index in [1.807, 2.05) is 37.3 Å². The third kappa shape index (κ3) is 5.14. The Kier molecular flexibility index (Phi) is 6.64. The summed E-state index contributed by atoms with van der Waals surface area (Å²) in [6.07, 6.45) is 1.37. The third-order valence-electron chi connectivity index (χ3n) is 4.51. The number of amides is 2. The van der Waals surface area contributed by atoms with Gasteiger partial charge >= 0.3 is 5.97 Å². The number of anilines is 1. The van der Waals surface area contributed by atoms with Crippen LogP contribution in [0.1, 0.15) is 45.0 Å². The largest absolute Gasteiger partial charge is 0.469 e.